The van der Waals surface area contributed by atoms with Crippen LogP contribution in [-0.4, -0.2) is 20.3 Å². The van der Waals surface area contributed by atoms with Crippen LogP contribution in [0.5, 0.6) is 11.5 Å². The first kappa shape index (κ1) is 18.3. The highest BCUT2D eigenvalue weighted by atomic mass is 16.5. The molecule has 0 saturated carbocycles. The lowest BCUT2D eigenvalue weighted by Gasteiger charge is -2.19. The molecule has 0 heterocycles. The lowest BCUT2D eigenvalue weighted by Crippen LogP contribution is -2.16. The van der Waals surface area contributed by atoms with Crippen molar-refractivity contribution < 1.29 is 9.47 Å². The Morgan fingerprint density at radius 1 is 1.04 bits per heavy atom. The zero-order valence-electron chi connectivity index (χ0n) is 15.2. The van der Waals surface area contributed by atoms with E-state index in [1.54, 1.807) is 7.11 Å². The molecule has 0 radical (unpaired) electrons. The summed E-state index contributed by atoms with van der Waals surface area (Å²) in [5, 5.41) is 0. The Kier molecular flexibility index (Phi) is 6.68. The third-order valence-electron chi connectivity index (χ3n) is 4.10. The van der Waals surface area contributed by atoms with Crippen LogP contribution in [0.3, 0.4) is 0 Å². The summed E-state index contributed by atoms with van der Waals surface area (Å²) in [7, 11) is 1.71. The first-order valence-electron chi connectivity index (χ1n) is 8.59. The summed E-state index contributed by atoms with van der Waals surface area (Å²) >= 11 is 0. The third-order valence-corrected chi connectivity index (χ3v) is 4.10. The number of aryl methyl sites for hydroxylation is 1. The second kappa shape index (κ2) is 8.74. The predicted molar refractivity (Wildman–Crippen MR) is 100 cm³/mol. The summed E-state index contributed by atoms with van der Waals surface area (Å²) < 4.78 is 11.3. The van der Waals surface area contributed by atoms with Crippen molar-refractivity contribution in [2.75, 3.05) is 20.3 Å². The van der Waals surface area contributed by atoms with E-state index in [9.17, 15) is 0 Å². The molecule has 2 aromatic carbocycles. The fourth-order valence-corrected chi connectivity index (χ4v) is 2.76. The quantitative estimate of drug-likeness (QED) is 0.785. The Bertz CT molecular complexity index is 635. The van der Waals surface area contributed by atoms with Crippen molar-refractivity contribution in [1.82, 2.24) is 0 Å². The van der Waals surface area contributed by atoms with E-state index in [4.69, 9.17) is 15.2 Å². The van der Waals surface area contributed by atoms with Crippen LogP contribution in [0.1, 0.15) is 36.5 Å². The van der Waals surface area contributed by atoms with Gasteiger partial charge in [-0.05, 0) is 55.1 Å². The highest BCUT2D eigenvalue weighted by Gasteiger charge is 2.16. The van der Waals surface area contributed by atoms with E-state index < -0.39 is 0 Å². The Labute approximate surface area is 145 Å². The van der Waals surface area contributed by atoms with Gasteiger partial charge in [-0.2, -0.15) is 0 Å². The van der Waals surface area contributed by atoms with Gasteiger partial charge in [0.2, 0.25) is 0 Å². The van der Waals surface area contributed by atoms with Crippen molar-refractivity contribution in [2.45, 2.75) is 33.1 Å². The zero-order chi connectivity index (χ0) is 17.5. The second-order valence-corrected chi connectivity index (χ2v) is 6.73. The Morgan fingerprint density at radius 3 is 2.33 bits per heavy atom. The van der Waals surface area contributed by atoms with Gasteiger partial charge >= 0.3 is 0 Å². The van der Waals surface area contributed by atoms with E-state index in [1.165, 1.54) is 16.7 Å². The minimum Gasteiger partial charge on any atom is -0.496 e. The lowest BCUT2D eigenvalue weighted by molar-refractivity contribution is 0.271. The van der Waals surface area contributed by atoms with Crippen molar-refractivity contribution >= 4 is 0 Å². The van der Waals surface area contributed by atoms with Crippen molar-refractivity contribution in [3.63, 3.8) is 0 Å². The molecule has 3 nitrogen and oxygen atoms in total. The molecule has 0 aliphatic heterocycles. The molecule has 130 valence electrons. The van der Waals surface area contributed by atoms with Crippen molar-refractivity contribution in [3.8, 4) is 11.5 Å². The number of nitrogens with two attached hydrogens (primary N) is 1. The molecule has 0 aliphatic rings. The number of hydrogen-bond donors (Lipinski definition) is 1. The van der Waals surface area contributed by atoms with Crippen LogP contribution in [0.2, 0.25) is 0 Å². The van der Waals surface area contributed by atoms with E-state index in [1.807, 2.05) is 18.2 Å². The maximum Gasteiger partial charge on any atom is 0.122 e. The SMILES string of the molecule is COc1ccc(C)cc1C(CN)Cc1ccc(OCC(C)C)cc1. The molecule has 2 rings (SSSR count). The first-order chi connectivity index (χ1) is 11.5. The van der Waals surface area contributed by atoms with Crippen molar-refractivity contribution in [1.29, 1.82) is 0 Å². The molecule has 1 atom stereocenters. The van der Waals surface area contributed by atoms with Gasteiger partial charge in [0.15, 0.2) is 0 Å². The lowest BCUT2D eigenvalue weighted by atomic mass is 9.90. The average molecular weight is 327 g/mol. The van der Waals surface area contributed by atoms with E-state index in [2.05, 4.69) is 45.0 Å². The Hall–Kier alpha value is -2.00. The Morgan fingerprint density at radius 2 is 1.75 bits per heavy atom. The predicted octanol–water partition coefficient (Wildman–Crippen LogP) is 4.32. The molecule has 2 N–H and O–H groups in total. The van der Waals surface area contributed by atoms with Gasteiger partial charge in [-0.25, -0.2) is 0 Å². The largest absolute Gasteiger partial charge is 0.496 e. The fraction of sp³-hybridized carbons (Fsp3) is 0.429. The molecular weight excluding hydrogens is 298 g/mol. The topological polar surface area (TPSA) is 44.5 Å². The molecular formula is C21H29NO2. The molecule has 0 bridgehead atoms. The van der Waals surface area contributed by atoms with Crippen molar-refractivity contribution in [3.05, 3.63) is 59.2 Å². The van der Waals surface area contributed by atoms with Gasteiger partial charge in [0.25, 0.3) is 0 Å². The minimum atomic E-state index is 0.238. The first-order valence-corrected chi connectivity index (χ1v) is 8.59. The molecule has 0 spiro atoms. The van der Waals surface area contributed by atoms with Crippen LogP contribution in [-0.2, 0) is 6.42 Å². The van der Waals surface area contributed by atoms with E-state index in [0.29, 0.717) is 12.5 Å². The maximum atomic E-state index is 6.06. The van der Waals surface area contributed by atoms with Gasteiger partial charge in [0.1, 0.15) is 11.5 Å². The van der Waals surface area contributed by atoms with E-state index in [0.717, 1.165) is 24.5 Å². The van der Waals surface area contributed by atoms with E-state index >= 15 is 0 Å². The van der Waals surface area contributed by atoms with Gasteiger partial charge in [0, 0.05) is 5.92 Å². The summed E-state index contributed by atoms with van der Waals surface area (Å²) in [6.07, 6.45) is 0.890. The van der Waals surface area contributed by atoms with Crippen LogP contribution >= 0.6 is 0 Å². The van der Waals surface area contributed by atoms with Gasteiger partial charge < -0.3 is 15.2 Å². The molecule has 0 fully saturated rings. The van der Waals surface area contributed by atoms with E-state index in [-0.39, 0.29) is 5.92 Å². The van der Waals surface area contributed by atoms with Gasteiger partial charge in [0.05, 0.1) is 13.7 Å². The monoisotopic (exact) mass is 327 g/mol. The highest BCUT2D eigenvalue weighted by molar-refractivity contribution is 5.41. The summed E-state index contributed by atoms with van der Waals surface area (Å²) in [5.74, 6) is 2.60. The third kappa shape index (κ3) is 5.00. The van der Waals surface area contributed by atoms with Crippen LogP contribution in [0.25, 0.3) is 0 Å². The highest BCUT2D eigenvalue weighted by Crippen LogP contribution is 2.30. The fourth-order valence-electron chi connectivity index (χ4n) is 2.76. The molecule has 2 aromatic rings. The number of hydrogen-bond acceptors (Lipinski definition) is 3. The Balaban J connectivity index is 2.11. The normalized spacial score (nSPS) is 12.2. The van der Waals surface area contributed by atoms with Crippen LogP contribution in [0.4, 0.5) is 0 Å². The smallest absolute Gasteiger partial charge is 0.122 e. The molecule has 1 unspecified atom stereocenters. The van der Waals surface area contributed by atoms with Gasteiger partial charge in [-0.1, -0.05) is 43.7 Å². The van der Waals surface area contributed by atoms with Crippen LogP contribution < -0.4 is 15.2 Å². The number of methoxy groups -OCH3 is 1. The maximum absolute atomic E-state index is 6.06. The summed E-state index contributed by atoms with van der Waals surface area (Å²) in [5.41, 5.74) is 9.72. The standard InChI is InChI=1S/C21H29NO2/c1-15(2)14-24-19-8-6-17(7-9-19)12-18(13-22)20-11-16(3)5-10-21(20)23-4/h5-11,15,18H,12-14,22H2,1-4H3. The number of benzene rings is 2. The molecule has 3 heteroatoms. The van der Waals surface area contributed by atoms with Crippen LogP contribution in [0.15, 0.2) is 42.5 Å². The van der Waals surface area contributed by atoms with Gasteiger partial charge in [-0.3, -0.25) is 0 Å². The molecule has 0 aromatic heterocycles. The molecule has 0 saturated heterocycles. The molecule has 0 aliphatic carbocycles. The zero-order valence-corrected chi connectivity index (χ0v) is 15.2. The number of rotatable bonds is 8. The van der Waals surface area contributed by atoms with Crippen molar-refractivity contribution in [2.24, 2.45) is 11.7 Å². The molecule has 24 heavy (non-hydrogen) atoms. The molecule has 0 amide bonds. The van der Waals surface area contributed by atoms with Crippen LogP contribution in [0, 0.1) is 12.8 Å². The summed E-state index contributed by atoms with van der Waals surface area (Å²) in [6.45, 7) is 7.72. The summed E-state index contributed by atoms with van der Waals surface area (Å²) in [4.78, 5) is 0. The average Bonchev–Trinajstić information content (AvgIpc) is 2.58. The number of ether oxygens (including phenoxy) is 2. The summed E-state index contributed by atoms with van der Waals surface area (Å²) in [6, 6.07) is 14.6. The minimum absolute atomic E-state index is 0.238. The van der Waals surface area contributed by atoms with Gasteiger partial charge in [-0.15, -0.1) is 0 Å². The second-order valence-electron chi connectivity index (χ2n) is 6.73.